The van der Waals surface area contributed by atoms with Gasteiger partial charge < -0.3 is 0 Å². The van der Waals surface area contributed by atoms with Gasteiger partial charge in [-0.05, 0) is 25.0 Å². The summed E-state index contributed by atoms with van der Waals surface area (Å²) in [6.07, 6.45) is 4.64. The number of nitrogens with zero attached hydrogens (tertiary/aromatic N) is 2. The number of ketones is 1. The van der Waals surface area contributed by atoms with E-state index in [1.54, 1.807) is 16.4 Å². The number of Topliss-reactive ketones (excluding diaryl/α,β-unsaturated/α-hetero) is 1. The van der Waals surface area contributed by atoms with Crippen molar-refractivity contribution in [1.29, 1.82) is 0 Å². The molecule has 18 heavy (non-hydrogen) atoms. The van der Waals surface area contributed by atoms with Crippen molar-refractivity contribution in [2.24, 2.45) is 7.05 Å². The molecule has 1 aliphatic heterocycles. The average Bonchev–Trinajstić information content (AvgIpc) is 2.67. The summed E-state index contributed by atoms with van der Waals surface area (Å²) in [4.78, 5) is 12.2. The first-order valence-corrected chi connectivity index (χ1v) is 7.90. The first kappa shape index (κ1) is 13.9. The second-order valence-electron chi connectivity index (χ2n) is 4.68. The molecule has 0 radical (unpaired) electrons. The van der Waals surface area contributed by atoms with Crippen molar-refractivity contribution >= 4 is 29.1 Å². The van der Waals surface area contributed by atoms with Crippen molar-refractivity contribution in [2.45, 2.75) is 44.3 Å². The number of aromatic nitrogens is 2. The van der Waals surface area contributed by atoms with E-state index in [0.29, 0.717) is 17.2 Å². The maximum atomic E-state index is 12.2. The molecule has 2 rings (SSSR count). The van der Waals surface area contributed by atoms with E-state index in [-0.39, 0.29) is 5.25 Å². The van der Waals surface area contributed by atoms with E-state index in [0.717, 1.165) is 30.0 Å². The Labute approximate surface area is 117 Å². The summed E-state index contributed by atoms with van der Waals surface area (Å²) >= 11 is 8.06. The molecule has 1 saturated heterocycles. The lowest BCUT2D eigenvalue weighted by Crippen LogP contribution is -2.23. The smallest absolute Gasteiger partial charge is 0.151 e. The van der Waals surface area contributed by atoms with Gasteiger partial charge in [-0.15, -0.1) is 0 Å². The fourth-order valence-corrected chi connectivity index (χ4v) is 3.90. The normalized spacial score (nSPS) is 20.1. The number of halogens is 1. The van der Waals surface area contributed by atoms with Gasteiger partial charge in [0.15, 0.2) is 5.78 Å². The fourth-order valence-electron chi connectivity index (χ4n) is 2.29. The molecule has 3 nitrogen and oxygen atoms in total. The van der Waals surface area contributed by atoms with Crippen LogP contribution in [0.1, 0.15) is 37.6 Å². The largest absolute Gasteiger partial charge is 0.298 e. The standard InChI is InChI=1S/C13H19ClN2OS/c1-3-9-13(14)10(16(2)15-9)8-11(17)12-6-4-5-7-18-12/h12H,3-8H2,1-2H3. The van der Waals surface area contributed by atoms with Crippen molar-refractivity contribution in [3.05, 3.63) is 16.4 Å². The van der Waals surface area contributed by atoms with Crippen LogP contribution >= 0.6 is 23.4 Å². The molecule has 1 aromatic heterocycles. The molecule has 0 aliphatic carbocycles. The summed E-state index contributed by atoms with van der Waals surface area (Å²) in [5.74, 6) is 1.41. The molecule has 1 atom stereocenters. The van der Waals surface area contributed by atoms with Gasteiger partial charge in [-0.2, -0.15) is 16.9 Å². The Hall–Kier alpha value is -0.480. The van der Waals surface area contributed by atoms with Crippen LogP contribution in [0.25, 0.3) is 0 Å². The lowest BCUT2D eigenvalue weighted by molar-refractivity contribution is -0.118. The minimum Gasteiger partial charge on any atom is -0.298 e. The molecule has 0 N–H and O–H groups in total. The summed E-state index contributed by atoms with van der Waals surface area (Å²) in [6, 6.07) is 0. The number of carbonyl (C=O) groups is 1. The van der Waals surface area contributed by atoms with Gasteiger partial charge in [-0.25, -0.2) is 0 Å². The lowest BCUT2D eigenvalue weighted by Gasteiger charge is -2.19. The molecule has 5 heteroatoms. The number of hydrogen-bond donors (Lipinski definition) is 0. The van der Waals surface area contributed by atoms with E-state index >= 15 is 0 Å². The lowest BCUT2D eigenvalue weighted by atomic mass is 10.1. The zero-order valence-corrected chi connectivity index (χ0v) is 12.5. The third-order valence-corrected chi connectivity index (χ3v) is 5.25. The summed E-state index contributed by atoms with van der Waals surface area (Å²) in [6.45, 7) is 2.02. The van der Waals surface area contributed by atoms with Gasteiger partial charge in [0, 0.05) is 7.05 Å². The molecule has 2 heterocycles. The van der Waals surface area contributed by atoms with Crippen LogP contribution in [0, 0.1) is 0 Å². The molecule has 1 unspecified atom stereocenters. The summed E-state index contributed by atoms with van der Waals surface area (Å²) in [7, 11) is 1.86. The first-order valence-electron chi connectivity index (χ1n) is 6.48. The van der Waals surface area contributed by atoms with Crippen LogP contribution in [-0.4, -0.2) is 26.6 Å². The van der Waals surface area contributed by atoms with E-state index in [2.05, 4.69) is 5.10 Å². The Morgan fingerprint density at radius 3 is 2.89 bits per heavy atom. The van der Waals surface area contributed by atoms with Gasteiger partial charge in [-0.3, -0.25) is 9.48 Å². The number of carbonyl (C=O) groups excluding carboxylic acids is 1. The molecule has 1 aliphatic rings. The molecular weight excluding hydrogens is 268 g/mol. The van der Waals surface area contributed by atoms with E-state index < -0.39 is 0 Å². The van der Waals surface area contributed by atoms with Crippen molar-refractivity contribution in [3.8, 4) is 0 Å². The monoisotopic (exact) mass is 286 g/mol. The van der Waals surface area contributed by atoms with Gasteiger partial charge in [0.05, 0.1) is 28.1 Å². The van der Waals surface area contributed by atoms with Gasteiger partial charge in [0.1, 0.15) is 0 Å². The van der Waals surface area contributed by atoms with Crippen LogP contribution in [0.5, 0.6) is 0 Å². The third kappa shape index (κ3) is 2.91. The van der Waals surface area contributed by atoms with Crippen LogP contribution in [-0.2, 0) is 24.7 Å². The van der Waals surface area contributed by atoms with Crippen LogP contribution < -0.4 is 0 Å². The number of thioether (sulfide) groups is 1. The Kier molecular flexibility index (Phi) is 4.73. The zero-order chi connectivity index (χ0) is 13.1. The van der Waals surface area contributed by atoms with E-state index in [1.807, 2.05) is 14.0 Å². The second-order valence-corrected chi connectivity index (χ2v) is 6.37. The predicted molar refractivity (Wildman–Crippen MR) is 76.4 cm³/mol. The zero-order valence-electron chi connectivity index (χ0n) is 10.9. The molecule has 0 bridgehead atoms. The highest BCUT2D eigenvalue weighted by atomic mass is 35.5. The van der Waals surface area contributed by atoms with E-state index in [1.165, 1.54) is 12.8 Å². The van der Waals surface area contributed by atoms with Crippen molar-refractivity contribution in [2.75, 3.05) is 5.75 Å². The molecule has 0 saturated carbocycles. The summed E-state index contributed by atoms with van der Waals surface area (Å²) in [5.41, 5.74) is 1.75. The highest BCUT2D eigenvalue weighted by Crippen LogP contribution is 2.28. The topological polar surface area (TPSA) is 34.9 Å². The van der Waals surface area contributed by atoms with Crippen LogP contribution in [0.3, 0.4) is 0 Å². The molecule has 0 aromatic carbocycles. The van der Waals surface area contributed by atoms with Crippen molar-refractivity contribution in [1.82, 2.24) is 9.78 Å². The number of aryl methyl sites for hydroxylation is 2. The molecule has 0 amide bonds. The Morgan fingerprint density at radius 2 is 2.33 bits per heavy atom. The molecule has 0 spiro atoms. The fraction of sp³-hybridized carbons (Fsp3) is 0.692. The van der Waals surface area contributed by atoms with E-state index in [4.69, 9.17) is 11.6 Å². The maximum absolute atomic E-state index is 12.2. The van der Waals surface area contributed by atoms with Crippen LogP contribution in [0.2, 0.25) is 5.02 Å². The Bertz CT molecular complexity index is 438. The Morgan fingerprint density at radius 1 is 1.56 bits per heavy atom. The summed E-state index contributed by atoms with van der Waals surface area (Å²) in [5, 5.41) is 5.19. The predicted octanol–water partition coefficient (Wildman–Crippen LogP) is 3.03. The minimum atomic E-state index is 0.162. The maximum Gasteiger partial charge on any atom is 0.151 e. The summed E-state index contributed by atoms with van der Waals surface area (Å²) < 4.78 is 1.76. The number of rotatable bonds is 4. The second kappa shape index (κ2) is 6.11. The number of hydrogen-bond acceptors (Lipinski definition) is 3. The Balaban J connectivity index is 2.08. The minimum absolute atomic E-state index is 0.162. The van der Waals surface area contributed by atoms with Crippen LogP contribution in [0.15, 0.2) is 0 Å². The highest BCUT2D eigenvalue weighted by Gasteiger charge is 2.24. The first-order chi connectivity index (χ1) is 8.63. The van der Waals surface area contributed by atoms with Gasteiger partial charge in [0.25, 0.3) is 0 Å². The molecule has 1 fully saturated rings. The highest BCUT2D eigenvalue weighted by molar-refractivity contribution is 8.00. The van der Waals surface area contributed by atoms with Gasteiger partial charge >= 0.3 is 0 Å². The quantitative estimate of drug-likeness (QED) is 0.853. The average molecular weight is 287 g/mol. The molecular formula is C13H19ClN2OS. The SMILES string of the molecule is CCc1nn(C)c(CC(=O)C2CCCCS2)c1Cl. The van der Waals surface area contributed by atoms with Crippen molar-refractivity contribution < 1.29 is 4.79 Å². The molecule has 1 aromatic rings. The third-order valence-electron chi connectivity index (χ3n) is 3.38. The van der Waals surface area contributed by atoms with Crippen molar-refractivity contribution in [3.63, 3.8) is 0 Å². The van der Waals surface area contributed by atoms with E-state index in [9.17, 15) is 4.79 Å². The van der Waals surface area contributed by atoms with Gasteiger partial charge in [-0.1, -0.05) is 24.9 Å². The molecule has 100 valence electrons. The van der Waals surface area contributed by atoms with Crippen LogP contribution in [0.4, 0.5) is 0 Å². The van der Waals surface area contributed by atoms with Gasteiger partial charge in [0.2, 0.25) is 0 Å².